The number of rotatable bonds is 3. The highest BCUT2D eigenvalue weighted by Crippen LogP contribution is 2.29. The Morgan fingerprint density at radius 1 is 1.57 bits per heavy atom. The number of allylic oxidation sites excluding steroid dienone is 1. The normalized spacial score (nSPS) is 21.9. The zero-order valence-corrected chi connectivity index (χ0v) is 12.0. The number of nitriles is 1. The zero-order chi connectivity index (χ0) is 16.0. The summed E-state index contributed by atoms with van der Waals surface area (Å²) in [6, 6.07) is 1.89. The number of hydrogen-bond donors (Lipinski definition) is 0. The molecule has 0 radical (unpaired) electrons. The van der Waals surface area contributed by atoms with E-state index in [2.05, 4.69) is 4.84 Å². The van der Waals surface area contributed by atoms with Crippen LogP contribution >= 0.6 is 11.8 Å². The molecule has 1 heterocycles. The van der Waals surface area contributed by atoms with Crippen LogP contribution in [0.3, 0.4) is 0 Å². The average molecular weight is 322 g/mol. The molecule has 1 unspecified atom stereocenters. The van der Waals surface area contributed by atoms with Crippen molar-refractivity contribution in [2.45, 2.75) is 31.2 Å². The summed E-state index contributed by atoms with van der Waals surface area (Å²) in [5.74, 6) is -2.28. The molecule has 0 saturated carbocycles. The molecule has 0 N–H and O–H groups in total. The molecule has 1 atom stereocenters. The van der Waals surface area contributed by atoms with Gasteiger partial charge < -0.3 is 4.84 Å². The number of hydroxylamine groups is 2. The van der Waals surface area contributed by atoms with E-state index in [1.807, 2.05) is 6.07 Å². The third-order valence-electron chi connectivity index (χ3n) is 2.62. The molecule has 9 heteroatoms. The van der Waals surface area contributed by atoms with Crippen LogP contribution in [-0.2, 0) is 14.4 Å². The molecule has 0 amide bonds. The summed E-state index contributed by atoms with van der Waals surface area (Å²) in [6.45, 7) is 1.44. The number of piperidine rings is 1. The summed E-state index contributed by atoms with van der Waals surface area (Å²) < 4.78 is 36.4. The van der Waals surface area contributed by atoms with Crippen molar-refractivity contribution in [3.8, 4) is 6.07 Å². The van der Waals surface area contributed by atoms with E-state index in [9.17, 15) is 22.8 Å². The van der Waals surface area contributed by atoms with Gasteiger partial charge in [0.15, 0.2) is 5.12 Å². The van der Waals surface area contributed by atoms with Gasteiger partial charge in [-0.2, -0.15) is 18.4 Å². The third-order valence-corrected chi connectivity index (χ3v) is 3.78. The Kier molecular flexibility index (Phi) is 6.23. The van der Waals surface area contributed by atoms with Crippen molar-refractivity contribution in [2.75, 3.05) is 13.1 Å². The van der Waals surface area contributed by atoms with E-state index < -0.39 is 12.1 Å². The van der Waals surface area contributed by atoms with E-state index in [0.717, 1.165) is 16.8 Å². The van der Waals surface area contributed by atoms with Crippen LogP contribution in [0.25, 0.3) is 0 Å². The second-order valence-corrected chi connectivity index (χ2v) is 5.65. The Labute approximate surface area is 123 Å². The SMILES string of the molecule is CC(=O)SC1CCN(OC(=O)C(F)(F)F)C/C1=C\CC#N. The average Bonchev–Trinajstić information content (AvgIpc) is 2.37. The Bertz CT molecular complexity index is 485. The molecule has 1 aliphatic heterocycles. The summed E-state index contributed by atoms with van der Waals surface area (Å²) in [5, 5.41) is 9.13. The number of thioether (sulfide) groups is 1. The van der Waals surface area contributed by atoms with Crippen LogP contribution in [0.2, 0.25) is 0 Å². The van der Waals surface area contributed by atoms with Gasteiger partial charge in [-0.1, -0.05) is 17.8 Å². The molecular formula is C12H13F3N2O3S. The number of carbonyl (C=O) groups excluding carboxylic acids is 2. The first-order valence-corrected chi connectivity index (χ1v) is 6.89. The summed E-state index contributed by atoms with van der Waals surface area (Å²) in [5.41, 5.74) is 0.609. The largest absolute Gasteiger partial charge is 0.492 e. The van der Waals surface area contributed by atoms with E-state index >= 15 is 0 Å². The minimum atomic E-state index is -5.05. The van der Waals surface area contributed by atoms with Crippen molar-refractivity contribution in [2.24, 2.45) is 0 Å². The topological polar surface area (TPSA) is 70.4 Å². The number of nitrogens with zero attached hydrogens (tertiary/aromatic N) is 2. The highest BCUT2D eigenvalue weighted by atomic mass is 32.2. The van der Waals surface area contributed by atoms with E-state index in [4.69, 9.17) is 5.26 Å². The van der Waals surface area contributed by atoms with Gasteiger partial charge in [-0.05, 0) is 12.0 Å². The third kappa shape index (κ3) is 5.77. The van der Waals surface area contributed by atoms with Crippen LogP contribution in [0, 0.1) is 11.3 Å². The summed E-state index contributed by atoms with van der Waals surface area (Å²) in [6.07, 6.45) is -3.08. The molecular weight excluding hydrogens is 309 g/mol. The number of hydrogen-bond acceptors (Lipinski definition) is 6. The quantitative estimate of drug-likeness (QED) is 0.742. The van der Waals surface area contributed by atoms with Gasteiger partial charge in [-0.15, -0.1) is 5.06 Å². The molecule has 116 valence electrons. The van der Waals surface area contributed by atoms with Crippen molar-refractivity contribution < 1.29 is 27.6 Å². The molecule has 1 rings (SSSR count). The molecule has 1 saturated heterocycles. The fourth-order valence-corrected chi connectivity index (χ4v) is 2.73. The minimum Gasteiger partial charge on any atom is -0.360 e. The zero-order valence-electron chi connectivity index (χ0n) is 11.1. The molecule has 21 heavy (non-hydrogen) atoms. The van der Waals surface area contributed by atoms with Crippen LogP contribution < -0.4 is 0 Å². The fourth-order valence-electron chi connectivity index (χ4n) is 1.79. The first kappa shape index (κ1) is 17.5. The van der Waals surface area contributed by atoms with Crippen molar-refractivity contribution in [3.63, 3.8) is 0 Å². The van der Waals surface area contributed by atoms with Crippen molar-refractivity contribution in [1.29, 1.82) is 5.26 Å². The molecule has 0 aromatic heterocycles. The maximum Gasteiger partial charge on any atom is 0.492 e. The van der Waals surface area contributed by atoms with Gasteiger partial charge in [0.05, 0.1) is 19.0 Å². The van der Waals surface area contributed by atoms with Gasteiger partial charge in [0.2, 0.25) is 0 Å². The smallest absolute Gasteiger partial charge is 0.360 e. The van der Waals surface area contributed by atoms with Crippen LogP contribution in [0.1, 0.15) is 19.8 Å². The van der Waals surface area contributed by atoms with Gasteiger partial charge in [-0.3, -0.25) is 4.79 Å². The molecule has 0 spiro atoms. The molecule has 0 aliphatic carbocycles. The fraction of sp³-hybridized carbons (Fsp3) is 0.583. The summed E-state index contributed by atoms with van der Waals surface area (Å²) in [7, 11) is 0. The first-order valence-electron chi connectivity index (χ1n) is 6.01. The van der Waals surface area contributed by atoms with Gasteiger partial charge >= 0.3 is 12.1 Å². The van der Waals surface area contributed by atoms with Crippen LogP contribution in [0.5, 0.6) is 0 Å². The summed E-state index contributed by atoms with van der Waals surface area (Å²) >= 11 is 1.05. The maximum atomic E-state index is 12.1. The standard InChI is InChI=1S/C12H13F3N2O3S/c1-8(18)21-10-4-6-17(7-9(10)3-2-5-16)20-11(19)12(13,14)15/h3,10H,2,4,6-7H2,1H3/b9-3+. The molecule has 0 aromatic carbocycles. The van der Waals surface area contributed by atoms with Gasteiger partial charge in [0, 0.05) is 18.7 Å². The maximum absolute atomic E-state index is 12.1. The highest BCUT2D eigenvalue weighted by Gasteiger charge is 2.43. The second-order valence-electron chi connectivity index (χ2n) is 4.27. The molecule has 1 aliphatic rings. The van der Waals surface area contributed by atoms with E-state index in [1.54, 1.807) is 6.08 Å². The molecule has 5 nitrogen and oxygen atoms in total. The van der Waals surface area contributed by atoms with Crippen LogP contribution in [0.4, 0.5) is 13.2 Å². The Morgan fingerprint density at radius 3 is 2.76 bits per heavy atom. The lowest BCUT2D eigenvalue weighted by Crippen LogP contribution is -2.41. The molecule has 1 fully saturated rings. The molecule has 0 bridgehead atoms. The van der Waals surface area contributed by atoms with E-state index in [-0.39, 0.29) is 29.9 Å². The lowest BCUT2D eigenvalue weighted by molar-refractivity contribution is -0.238. The number of alkyl halides is 3. The minimum absolute atomic E-state index is 0.0472. The number of carbonyl (C=O) groups is 2. The van der Waals surface area contributed by atoms with Crippen LogP contribution in [-0.4, -0.2) is 40.7 Å². The van der Waals surface area contributed by atoms with Gasteiger partial charge in [0.25, 0.3) is 0 Å². The second kappa shape index (κ2) is 7.47. The molecule has 0 aromatic rings. The Balaban J connectivity index is 2.73. The predicted octanol–water partition coefficient (Wildman–Crippen LogP) is 2.20. The Hall–Kier alpha value is -1.53. The van der Waals surface area contributed by atoms with Crippen molar-refractivity contribution in [1.82, 2.24) is 5.06 Å². The Morgan fingerprint density at radius 2 is 2.24 bits per heavy atom. The van der Waals surface area contributed by atoms with Crippen LogP contribution in [0.15, 0.2) is 11.6 Å². The van der Waals surface area contributed by atoms with E-state index in [1.165, 1.54) is 6.92 Å². The van der Waals surface area contributed by atoms with Gasteiger partial charge in [-0.25, -0.2) is 4.79 Å². The van der Waals surface area contributed by atoms with Gasteiger partial charge in [0.1, 0.15) is 0 Å². The lowest BCUT2D eigenvalue weighted by Gasteiger charge is -2.32. The van der Waals surface area contributed by atoms with E-state index in [0.29, 0.717) is 12.0 Å². The summed E-state index contributed by atoms with van der Waals surface area (Å²) in [4.78, 5) is 26.2. The van der Waals surface area contributed by atoms with Crippen molar-refractivity contribution >= 4 is 22.8 Å². The van der Waals surface area contributed by atoms with Crippen molar-refractivity contribution in [3.05, 3.63) is 11.6 Å². The predicted molar refractivity (Wildman–Crippen MR) is 68.7 cm³/mol. The number of halogens is 3. The monoisotopic (exact) mass is 322 g/mol. The highest BCUT2D eigenvalue weighted by molar-refractivity contribution is 8.14. The lowest BCUT2D eigenvalue weighted by atomic mass is 10.0. The first-order chi connectivity index (χ1) is 9.74.